The maximum Gasteiger partial charge on any atom is 0.333 e. The molecule has 74 valence electrons. The summed E-state index contributed by atoms with van der Waals surface area (Å²) >= 11 is 0. The summed E-state index contributed by atoms with van der Waals surface area (Å²) < 4.78 is 4.52. The van der Waals surface area contributed by atoms with Gasteiger partial charge in [0.05, 0.1) is 19.3 Å². The van der Waals surface area contributed by atoms with Gasteiger partial charge in [-0.15, -0.1) is 0 Å². The van der Waals surface area contributed by atoms with Crippen molar-refractivity contribution >= 4 is 5.97 Å². The molecule has 0 aromatic rings. The largest absolute Gasteiger partial charge is 0.466 e. The first-order valence-corrected chi connectivity index (χ1v) is 4.21. The Bertz CT molecular complexity index is 234. The van der Waals surface area contributed by atoms with E-state index in [0.717, 1.165) is 0 Å². The van der Waals surface area contributed by atoms with Gasteiger partial charge in [0.25, 0.3) is 0 Å². The summed E-state index contributed by atoms with van der Waals surface area (Å²) in [6.45, 7) is 1.78. The van der Waals surface area contributed by atoms with E-state index in [-0.39, 0.29) is 5.92 Å². The summed E-state index contributed by atoms with van der Waals surface area (Å²) in [7, 11) is 1.30. The van der Waals surface area contributed by atoms with Crippen LogP contribution in [0, 0.1) is 5.92 Å². The van der Waals surface area contributed by atoms with Gasteiger partial charge in [0.15, 0.2) is 0 Å². The van der Waals surface area contributed by atoms with E-state index < -0.39 is 18.2 Å². The highest BCUT2D eigenvalue weighted by Gasteiger charge is 2.30. The zero-order valence-corrected chi connectivity index (χ0v) is 7.73. The van der Waals surface area contributed by atoms with Crippen molar-refractivity contribution in [2.45, 2.75) is 25.6 Å². The van der Waals surface area contributed by atoms with Crippen LogP contribution in [0.3, 0.4) is 0 Å². The highest BCUT2D eigenvalue weighted by Crippen LogP contribution is 2.24. The van der Waals surface area contributed by atoms with Crippen LogP contribution in [0.4, 0.5) is 0 Å². The molecule has 13 heavy (non-hydrogen) atoms. The predicted molar refractivity (Wildman–Crippen MR) is 45.9 cm³/mol. The van der Waals surface area contributed by atoms with Crippen molar-refractivity contribution in [3.8, 4) is 0 Å². The standard InChI is InChI=1S/C9H14O4/c1-5-3-6(9(12)13-2)4-7(10)8(5)11/h4-5,7-8,10-11H,3H2,1-2H3/t5-,7+,8+/m1/s1. The third-order valence-corrected chi connectivity index (χ3v) is 2.29. The van der Waals surface area contributed by atoms with E-state index in [0.29, 0.717) is 12.0 Å². The summed E-state index contributed by atoms with van der Waals surface area (Å²) in [4.78, 5) is 11.1. The molecular weight excluding hydrogens is 172 g/mol. The fourth-order valence-electron chi connectivity index (χ4n) is 1.46. The number of ether oxygens (including phenoxy) is 1. The molecule has 0 amide bonds. The molecule has 0 saturated heterocycles. The van der Waals surface area contributed by atoms with Gasteiger partial charge < -0.3 is 14.9 Å². The van der Waals surface area contributed by atoms with Crippen molar-refractivity contribution in [1.29, 1.82) is 0 Å². The number of aliphatic hydroxyl groups excluding tert-OH is 2. The van der Waals surface area contributed by atoms with E-state index in [9.17, 15) is 15.0 Å². The van der Waals surface area contributed by atoms with E-state index in [2.05, 4.69) is 4.74 Å². The van der Waals surface area contributed by atoms with Gasteiger partial charge >= 0.3 is 5.97 Å². The van der Waals surface area contributed by atoms with Crippen LogP contribution in [-0.4, -0.2) is 35.5 Å². The van der Waals surface area contributed by atoms with Gasteiger partial charge in [-0.05, 0) is 18.4 Å². The number of hydrogen-bond donors (Lipinski definition) is 2. The molecule has 2 N–H and O–H groups in total. The number of aliphatic hydroxyl groups is 2. The third-order valence-electron chi connectivity index (χ3n) is 2.29. The zero-order valence-electron chi connectivity index (χ0n) is 7.73. The summed E-state index contributed by atoms with van der Waals surface area (Å²) in [6.07, 6.45) is 0.0627. The van der Waals surface area contributed by atoms with Gasteiger partial charge in [-0.2, -0.15) is 0 Å². The molecule has 3 atom stereocenters. The Morgan fingerprint density at radius 1 is 1.62 bits per heavy atom. The van der Waals surface area contributed by atoms with E-state index in [4.69, 9.17) is 0 Å². The zero-order chi connectivity index (χ0) is 10.0. The molecule has 0 unspecified atom stereocenters. The second-order valence-electron chi connectivity index (χ2n) is 3.35. The third kappa shape index (κ3) is 2.08. The average molecular weight is 186 g/mol. The molecule has 0 aliphatic heterocycles. The van der Waals surface area contributed by atoms with Crippen LogP contribution in [0.2, 0.25) is 0 Å². The fourth-order valence-corrected chi connectivity index (χ4v) is 1.46. The lowest BCUT2D eigenvalue weighted by Gasteiger charge is -2.27. The first kappa shape index (κ1) is 10.2. The van der Waals surface area contributed by atoms with Crippen molar-refractivity contribution in [1.82, 2.24) is 0 Å². The van der Waals surface area contributed by atoms with Crippen molar-refractivity contribution in [2.75, 3.05) is 7.11 Å². The minimum Gasteiger partial charge on any atom is -0.466 e. The van der Waals surface area contributed by atoms with E-state index in [1.165, 1.54) is 13.2 Å². The molecule has 0 fully saturated rings. The molecule has 0 spiro atoms. The molecule has 0 aromatic heterocycles. The van der Waals surface area contributed by atoms with Crippen molar-refractivity contribution in [3.63, 3.8) is 0 Å². The Morgan fingerprint density at radius 3 is 2.69 bits per heavy atom. The molecule has 4 nitrogen and oxygen atoms in total. The highest BCUT2D eigenvalue weighted by atomic mass is 16.5. The van der Waals surface area contributed by atoms with Crippen LogP contribution in [-0.2, 0) is 9.53 Å². The van der Waals surface area contributed by atoms with Gasteiger partial charge in [0.2, 0.25) is 0 Å². The molecule has 0 heterocycles. The van der Waals surface area contributed by atoms with Crippen molar-refractivity contribution < 1.29 is 19.7 Å². The van der Waals surface area contributed by atoms with Crippen LogP contribution < -0.4 is 0 Å². The van der Waals surface area contributed by atoms with Crippen LogP contribution in [0.1, 0.15) is 13.3 Å². The highest BCUT2D eigenvalue weighted by molar-refractivity contribution is 5.88. The molecule has 1 aliphatic rings. The van der Waals surface area contributed by atoms with Crippen molar-refractivity contribution in [2.24, 2.45) is 5.92 Å². The fraction of sp³-hybridized carbons (Fsp3) is 0.667. The monoisotopic (exact) mass is 186 g/mol. The average Bonchev–Trinajstić information content (AvgIpc) is 2.12. The maximum atomic E-state index is 11.1. The SMILES string of the molecule is COC(=O)C1=C[C@H](O)[C@@H](O)[C@H](C)C1. The number of esters is 1. The number of carbonyl (C=O) groups excluding carboxylic acids is 1. The first-order valence-electron chi connectivity index (χ1n) is 4.21. The quantitative estimate of drug-likeness (QED) is 0.559. The molecular formula is C9H14O4. The Hall–Kier alpha value is -0.870. The normalized spacial score (nSPS) is 33.8. The smallest absolute Gasteiger partial charge is 0.333 e. The number of carbonyl (C=O) groups is 1. The summed E-state index contributed by atoms with van der Waals surface area (Å²) in [5, 5.41) is 18.7. The lowest BCUT2D eigenvalue weighted by molar-refractivity contribution is -0.137. The second-order valence-corrected chi connectivity index (χ2v) is 3.35. The Morgan fingerprint density at radius 2 is 2.23 bits per heavy atom. The minimum atomic E-state index is -0.960. The molecule has 0 aromatic carbocycles. The predicted octanol–water partition coefficient (Wildman–Crippen LogP) is -0.153. The Kier molecular flexibility index (Phi) is 3.06. The summed E-state index contributed by atoms with van der Waals surface area (Å²) in [5.74, 6) is -0.549. The Labute approximate surface area is 76.8 Å². The molecule has 0 bridgehead atoms. The van der Waals surface area contributed by atoms with E-state index >= 15 is 0 Å². The number of hydrogen-bond acceptors (Lipinski definition) is 4. The van der Waals surface area contributed by atoms with Gasteiger partial charge in [0.1, 0.15) is 0 Å². The van der Waals surface area contributed by atoms with Gasteiger partial charge in [-0.3, -0.25) is 0 Å². The molecule has 1 aliphatic carbocycles. The summed E-state index contributed by atoms with van der Waals surface area (Å²) in [5.41, 5.74) is 0.438. The van der Waals surface area contributed by atoms with E-state index in [1.807, 2.05) is 0 Å². The Balaban J connectivity index is 2.78. The number of methoxy groups -OCH3 is 1. The first-order chi connectivity index (χ1) is 6.06. The topological polar surface area (TPSA) is 66.8 Å². The second kappa shape index (κ2) is 3.89. The molecule has 0 saturated carbocycles. The maximum absolute atomic E-state index is 11.1. The molecule has 4 heteroatoms. The molecule has 1 rings (SSSR count). The lowest BCUT2D eigenvalue weighted by atomic mass is 9.86. The van der Waals surface area contributed by atoms with Crippen molar-refractivity contribution in [3.05, 3.63) is 11.6 Å². The number of rotatable bonds is 1. The van der Waals surface area contributed by atoms with Crippen LogP contribution in [0.15, 0.2) is 11.6 Å². The summed E-state index contributed by atoms with van der Waals surface area (Å²) in [6, 6.07) is 0. The van der Waals surface area contributed by atoms with Gasteiger partial charge in [-0.25, -0.2) is 4.79 Å². The van der Waals surface area contributed by atoms with Crippen LogP contribution in [0.25, 0.3) is 0 Å². The van der Waals surface area contributed by atoms with Gasteiger partial charge in [-0.1, -0.05) is 6.92 Å². The lowest BCUT2D eigenvalue weighted by Crippen LogP contribution is -2.35. The minimum absolute atomic E-state index is 0.117. The van der Waals surface area contributed by atoms with E-state index in [1.54, 1.807) is 6.92 Å². The molecule has 0 radical (unpaired) electrons. The van der Waals surface area contributed by atoms with Crippen LogP contribution in [0.5, 0.6) is 0 Å². The van der Waals surface area contributed by atoms with Crippen LogP contribution >= 0.6 is 0 Å². The van der Waals surface area contributed by atoms with Gasteiger partial charge in [0, 0.05) is 5.57 Å².